The minimum atomic E-state index is -3.78. The van der Waals surface area contributed by atoms with E-state index in [2.05, 4.69) is 9.97 Å². The van der Waals surface area contributed by atoms with Crippen molar-refractivity contribution in [3.05, 3.63) is 66.9 Å². The van der Waals surface area contributed by atoms with Crippen molar-refractivity contribution in [1.29, 1.82) is 0 Å². The molecule has 0 spiro atoms. The van der Waals surface area contributed by atoms with Crippen molar-refractivity contribution in [2.75, 3.05) is 30.9 Å². The molecule has 0 fully saturated rings. The molecule has 1 heterocycles. The SMILES string of the molecule is [2H]C([2H])([2H])C(N(c1cnc(-c2ccccc2)c(-c2ccccc2)n1)C([2H])([2H])CCCOCC(=O)NS(C)(=O)=O)C([2H])([2H])[2H]. The zero-order valence-electron chi connectivity index (χ0n) is 27.1. The predicted molar refractivity (Wildman–Crippen MR) is 138 cm³/mol. The van der Waals surface area contributed by atoms with E-state index in [4.69, 9.17) is 15.7 Å². The van der Waals surface area contributed by atoms with Gasteiger partial charge >= 0.3 is 0 Å². The fourth-order valence-corrected chi connectivity index (χ4v) is 3.65. The first-order valence-electron chi connectivity index (χ1n) is 14.8. The third kappa shape index (κ3) is 8.15. The number of sulfonamides is 1. The van der Waals surface area contributed by atoms with Gasteiger partial charge in [0.05, 0.1) is 23.8 Å². The fourth-order valence-electron chi connectivity index (χ4n) is 3.18. The Labute approximate surface area is 218 Å². The fraction of sp³-hybridized carbons (Fsp3) is 0.346. The van der Waals surface area contributed by atoms with Crippen LogP contribution in [-0.4, -0.2) is 56.3 Å². The van der Waals surface area contributed by atoms with E-state index in [-0.39, 0.29) is 18.8 Å². The highest BCUT2D eigenvalue weighted by atomic mass is 32.2. The molecule has 2 aromatic carbocycles. The number of hydrogen-bond acceptors (Lipinski definition) is 7. The topological polar surface area (TPSA) is 101 Å². The van der Waals surface area contributed by atoms with Crippen molar-refractivity contribution in [3.8, 4) is 22.5 Å². The van der Waals surface area contributed by atoms with E-state index in [1.165, 1.54) is 0 Å². The number of aromatic nitrogens is 2. The normalized spacial score (nSPS) is 15.9. The first-order chi connectivity index (χ1) is 19.9. The number of benzene rings is 2. The Kier molecular flexibility index (Phi) is 6.10. The first-order valence-corrected chi connectivity index (χ1v) is 12.6. The minimum absolute atomic E-state index is 0.0779. The smallest absolute Gasteiger partial charge is 0.259 e. The number of rotatable bonds is 12. The standard InChI is InChI=1S/C26H32N4O4S/c1-20(2)30(16-10-11-17-34-19-24(31)29-35(3,32)33)23-18-27-25(21-12-6-4-7-13-21)26(28-23)22-14-8-5-9-15-22/h4-9,12-15,18,20H,10-11,16-17,19H2,1-3H3,(H,29,31)/i1D3,2D3,16D2. The van der Waals surface area contributed by atoms with Crippen LogP contribution in [0.4, 0.5) is 5.82 Å². The maximum atomic E-state index is 11.7. The van der Waals surface area contributed by atoms with Crippen LogP contribution >= 0.6 is 0 Å². The summed E-state index contributed by atoms with van der Waals surface area (Å²) in [4.78, 5) is 21.4. The summed E-state index contributed by atoms with van der Waals surface area (Å²) < 4.78 is 95.3. The molecular formula is C26H32N4O4S. The molecule has 8 nitrogen and oxygen atoms in total. The Hall–Kier alpha value is -3.30. The van der Waals surface area contributed by atoms with Crippen LogP contribution in [0, 0.1) is 0 Å². The summed E-state index contributed by atoms with van der Waals surface area (Å²) >= 11 is 0. The van der Waals surface area contributed by atoms with E-state index in [0.717, 1.165) is 12.5 Å². The highest BCUT2D eigenvalue weighted by Gasteiger charge is 2.17. The zero-order chi connectivity index (χ0) is 32.1. The summed E-state index contributed by atoms with van der Waals surface area (Å²) in [5.41, 5.74) is 2.00. The molecule has 0 aliphatic heterocycles. The molecule has 3 aromatic rings. The second kappa shape index (κ2) is 12.4. The van der Waals surface area contributed by atoms with Gasteiger partial charge in [-0.1, -0.05) is 60.7 Å². The van der Waals surface area contributed by atoms with Gasteiger partial charge in [-0.15, -0.1) is 0 Å². The van der Waals surface area contributed by atoms with Crippen LogP contribution in [0.1, 0.15) is 37.5 Å². The van der Waals surface area contributed by atoms with Crippen LogP contribution in [0.15, 0.2) is 66.9 Å². The van der Waals surface area contributed by atoms with Crippen molar-refractivity contribution < 1.29 is 28.9 Å². The molecule has 1 N–H and O–H groups in total. The van der Waals surface area contributed by atoms with E-state index in [1.54, 1.807) is 59.3 Å². The maximum absolute atomic E-state index is 11.7. The number of hydrogen-bond donors (Lipinski definition) is 1. The lowest BCUT2D eigenvalue weighted by Gasteiger charge is -2.28. The third-order valence-corrected chi connectivity index (χ3v) is 5.24. The number of carbonyl (C=O) groups excluding carboxylic acids is 1. The number of ether oxygens (including phenoxy) is 1. The molecule has 186 valence electrons. The van der Waals surface area contributed by atoms with Crippen LogP contribution in [0.2, 0.25) is 0 Å². The van der Waals surface area contributed by atoms with Gasteiger partial charge in [-0.2, -0.15) is 0 Å². The molecule has 0 atom stereocenters. The molecule has 35 heavy (non-hydrogen) atoms. The van der Waals surface area contributed by atoms with Crippen molar-refractivity contribution in [3.63, 3.8) is 0 Å². The molecule has 0 saturated heterocycles. The average Bonchev–Trinajstić information content (AvgIpc) is 2.89. The number of nitrogens with one attached hydrogen (secondary N) is 1. The zero-order valence-corrected chi connectivity index (χ0v) is 20.0. The average molecular weight is 505 g/mol. The molecule has 9 heteroatoms. The number of nitrogens with zero attached hydrogens (tertiary/aromatic N) is 3. The first kappa shape index (κ1) is 17.2. The molecule has 0 aliphatic rings. The second-order valence-corrected chi connectivity index (χ2v) is 9.29. The Morgan fingerprint density at radius 3 is 2.29 bits per heavy atom. The molecule has 0 unspecified atom stereocenters. The lowest BCUT2D eigenvalue weighted by Crippen LogP contribution is -2.33. The summed E-state index contributed by atoms with van der Waals surface area (Å²) in [5, 5.41) is 0. The third-order valence-electron chi connectivity index (χ3n) is 4.64. The molecule has 0 bridgehead atoms. The van der Waals surface area contributed by atoms with E-state index in [0.29, 0.717) is 27.4 Å². The van der Waals surface area contributed by atoms with Gasteiger partial charge < -0.3 is 9.64 Å². The molecule has 0 radical (unpaired) electrons. The van der Waals surface area contributed by atoms with Gasteiger partial charge in [0, 0.05) is 41.2 Å². The van der Waals surface area contributed by atoms with Gasteiger partial charge in [0.2, 0.25) is 10.0 Å². The lowest BCUT2D eigenvalue weighted by molar-refractivity contribution is -0.123. The molecule has 3 rings (SSSR count). The monoisotopic (exact) mass is 504 g/mol. The van der Waals surface area contributed by atoms with Gasteiger partial charge in [-0.05, 0) is 26.5 Å². The highest BCUT2D eigenvalue weighted by Crippen LogP contribution is 2.30. The van der Waals surface area contributed by atoms with Gasteiger partial charge in [0.25, 0.3) is 5.91 Å². The number of anilines is 1. The van der Waals surface area contributed by atoms with Crippen molar-refractivity contribution in [2.45, 2.75) is 32.6 Å². The highest BCUT2D eigenvalue weighted by molar-refractivity contribution is 7.89. The molecule has 1 amide bonds. The largest absolute Gasteiger partial charge is 0.372 e. The summed E-state index contributed by atoms with van der Waals surface area (Å²) in [6.07, 6.45) is 1.46. The van der Waals surface area contributed by atoms with Crippen LogP contribution < -0.4 is 9.62 Å². The van der Waals surface area contributed by atoms with E-state index in [9.17, 15) is 13.2 Å². The van der Waals surface area contributed by atoms with E-state index >= 15 is 0 Å². The van der Waals surface area contributed by atoms with Gasteiger partial charge in [-0.3, -0.25) is 14.5 Å². The summed E-state index contributed by atoms with van der Waals surface area (Å²) in [6, 6.07) is 15.6. The summed E-state index contributed by atoms with van der Waals surface area (Å²) in [5.74, 6) is -1.21. The Balaban J connectivity index is 2.03. The second-order valence-electron chi connectivity index (χ2n) is 7.54. The predicted octanol–water partition coefficient (Wildman–Crippen LogP) is 3.90. The van der Waals surface area contributed by atoms with Gasteiger partial charge in [-0.25, -0.2) is 13.4 Å². The summed E-state index contributed by atoms with van der Waals surface area (Å²) in [7, 11) is -3.78. The van der Waals surface area contributed by atoms with Gasteiger partial charge in [0.15, 0.2) is 0 Å². The van der Waals surface area contributed by atoms with Crippen LogP contribution in [0.3, 0.4) is 0 Å². The lowest BCUT2D eigenvalue weighted by atomic mass is 10.0. The molecule has 0 saturated carbocycles. The van der Waals surface area contributed by atoms with Crippen LogP contribution in [0.5, 0.6) is 0 Å². The van der Waals surface area contributed by atoms with Crippen molar-refractivity contribution >= 4 is 21.7 Å². The quantitative estimate of drug-likeness (QED) is 0.373. The Morgan fingerprint density at radius 2 is 1.69 bits per heavy atom. The van der Waals surface area contributed by atoms with Gasteiger partial charge in [0.1, 0.15) is 12.4 Å². The number of amides is 1. The van der Waals surface area contributed by atoms with Crippen molar-refractivity contribution in [1.82, 2.24) is 14.7 Å². The van der Waals surface area contributed by atoms with Crippen LogP contribution in [-0.2, 0) is 19.6 Å². The van der Waals surface area contributed by atoms with Crippen molar-refractivity contribution in [2.24, 2.45) is 0 Å². The Morgan fingerprint density at radius 1 is 1.06 bits per heavy atom. The number of carbonyl (C=O) groups is 1. The maximum Gasteiger partial charge on any atom is 0.259 e. The molecular weight excluding hydrogens is 464 g/mol. The minimum Gasteiger partial charge on any atom is -0.372 e. The Bertz CT molecular complexity index is 1470. The van der Waals surface area contributed by atoms with Crippen LogP contribution in [0.25, 0.3) is 22.5 Å². The van der Waals surface area contributed by atoms with E-state index in [1.807, 2.05) is 6.07 Å². The molecule has 0 aliphatic carbocycles. The van der Waals surface area contributed by atoms with E-state index < -0.39 is 55.2 Å². The summed E-state index contributed by atoms with van der Waals surface area (Å²) in [6.45, 7) is -9.73. The molecule has 1 aromatic heterocycles.